The summed E-state index contributed by atoms with van der Waals surface area (Å²) in [6.45, 7) is 0. The lowest BCUT2D eigenvalue weighted by molar-refractivity contribution is 0.482. The lowest BCUT2D eigenvalue weighted by Crippen LogP contribution is -2.04. The number of thiophene rings is 1. The van der Waals surface area contributed by atoms with Crippen LogP contribution in [0.3, 0.4) is 0 Å². The van der Waals surface area contributed by atoms with Crippen LogP contribution in [0.4, 0.5) is 11.7 Å². The zero-order valence-electron chi connectivity index (χ0n) is 12.4. The minimum atomic E-state index is -0.412. The van der Waals surface area contributed by atoms with Gasteiger partial charge in [-0.05, 0) is 24.3 Å². The molecule has 0 radical (unpaired) electrons. The number of fused-ring (bicyclic) bond motifs is 1. The number of nitrogens with one attached hydrogen (secondary N) is 1. The van der Waals surface area contributed by atoms with Gasteiger partial charge in [0.05, 0.1) is 16.6 Å². The van der Waals surface area contributed by atoms with E-state index in [1.165, 1.54) is 11.3 Å². The molecule has 0 saturated heterocycles. The van der Waals surface area contributed by atoms with Crippen LogP contribution in [0.2, 0.25) is 0 Å². The van der Waals surface area contributed by atoms with Crippen molar-refractivity contribution >= 4 is 33.9 Å². The Morgan fingerprint density at radius 2 is 1.79 bits per heavy atom. The van der Waals surface area contributed by atoms with Crippen molar-refractivity contribution in [2.24, 2.45) is 0 Å². The van der Waals surface area contributed by atoms with Crippen LogP contribution in [-0.4, -0.2) is 4.98 Å². The third kappa shape index (κ3) is 2.87. The quantitative estimate of drug-likeness (QED) is 0.581. The molecule has 0 aliphatic carbocycles. The summed E-state index contributed by atoms with van der Waals surface area (Å²) >= 11 is 1.41. The summed E-state index contributed by atoms with van der Waals surface area (Å²) in [4.78, 5) is 16.3. The molecule has 2 heterocycles. The highest BCUT2D eigenvalue weighted by Crippen LogP contribution is 2.31. The number of aromatic nitrogens is 1. The van der Waals surface area contributed by atoms with Crippen LogP contribution in [0.5, 0.6) is 11.5 Å². The summed E-state index contributed by atoms with van der Waals surface area (Å²) in [5.41, 5.74) is 0.858. The van der Waals surface area contributed by atoms with Gasteiger partial charge in [-0.25, -0.2) is 4.79 Å². The van der Waals surface area contributed by atoms with Crippen LogP contribution in [0.1, 0.15) is 0 Å². The zero-order valence-corrected chi connectivity index (χ0v) is 13.2. The summed E-state index contributed by atoms with van der Waals surface area (Å²) in [6.07, 6.45) is 0. The number of para-hydroxylation sites is 3. The van der Waals surface area contributed by atoms with Crippen molar-refractivity contribution in [1.82, 2.24) is 4.98 Å². The van der Waals surface area contributed by atoms with Gasteiger partial charge in [-0.1, -0.05) is 30.3 Å². The van der Waals surface area contributed by atoms with Gasteiger partial charge in [0.25, 0.3) is 0 Å². The van der Waals surface area contributed by atoms with Crippen LogP contribution < -0.4 is 15.7 Å². The smallest absolute Gasteiger partial charge is 0.348 e. The largest absolute Gasteiger partial charge is 0.455 e. The van der Waals surface area contributed by atoms with Crippen molar-refractivity contribution in [2.45, 2.75) is 0 Å². The van der Waals surface area contributed by atoms with Gasteiger partial charge in [-0.15, -0.1) is 11.3 Å². The Bertz CT molecular complexity index is 1040. The van der Waals surface area contributed by atoms with E-state index in [9.17, 15) is 4.79 Å². The SMILES string of the molecule is O=c1oc(Nc2ccccc2Oc2ccccc2)nc2cscc12. The molecule has 4 rings (SSSR count). The van der Waals surface area contributed by atoms with Crippen LogP contribution in [0.25, 0.3) is 10.9 Å². The number of benzene rings is 2. The summed E-state index contributed by atoms with van der Waals surface area (Å²) < 4.78 is 11.1. The van der Waals surface area contributed by atoms with Gasteiger partial charge in [0.15, 0.2) is 5.75 Å². The first-order valence-electron chi connectivity index (χ1n) is 7.25. The molecule has 1 N–H and O–H groups in total. The average Bonchev–Trinajstić information content (AvgIpc) is 3.07. The molecule has 2 aromatic heterocycles. The van der Waals surface area contributed by atoms with Gasteiger partial charge in [0.1, 0.15) is 5.75 Å². The first-order valence-corrected chi connectivity index (χ1v) is 8.20. The van der Waals surface area contributed by atoms with Gasteiger partial charge in [-0.3, -0.25) is 0 Å². The molecule has 6 heteroatoms. The highest BCUT2D eigenvalue weighted by atomic mass is 32.1. The van der Waals surface area contributed by atoms with E-state index in [-0.39, 0.29) is 6.01 Å². The normalized spacial score (nSPS) is 10.7. The second-order valence-corrected chi connectivity index (χ2v) is 5.76. The summed E-state index contributed by atoms with van der Waals surface area (Å²) in [5, 5.41) is 7.04. The van der Waals surface area contributed by atoms with E-state index in [2.05, 4.69) is 10.3 Å². The number of hydrogen-bond acceptors (Lipinski definition) is 6. The maximum Gasteiger partial charge on any atom is 0.348 e. The van der Waals surface area contributed by atoms with Crippen LogP contribution in [-0.2, 0) is 0 Å². The molecule has 0 unspecified atom stereocenters. The number of nitrogens with zero attached hydrogens (tertiary/aromatic N) is 1. The number of hydrogen-bond donors (Lipinski definition) is 1. The van der Waals surface area contributed by atoms with Gasteiger partial charge in [0.2, 0.25) is 0 Å². The molecule has 0 atom stereocenters. The fourth-order valence-electron chi connectivity index (χ4n) is 2.25. The molecular formula is C18H12N2O3S. The van der Waals surface area contributed by atoms with Crippen molar-refractivity contribution < 1.29 is 9.15 Å². The highest BCUT2D eigenvalue weighted by Gasteiger charge is 2.10. The molecule has 4 aromatic rings. The van der Waals surface area contributed by atoms with E-state index in [1.807, 2.05) is 60.0 Å². The molecule has 0 aliphatic rings. The fourth-order valence-corrected chi connectivity index (χ4v) is 2.98. The lowest BCUT2D eigenvalue weighted by atomic mass is 10.3. The third-order valence-electron chi connectivity index (χ3n) is 3.37. The Balaban J connectivity index is 1.67. The Hall–Kier alpha value is -3.12. The molecule has 0 fully saturated rings. The van der Waals surface area contributed by atoms with E-state index >= 15 is 0 Å². The fraction of sp³-hybridized carbons (Fsp3) is 0. The van der Waals surface area contributed by atoms with Crippen LogP contribution in [0.15, 0.2) is 74.6 Å². The van der Waals surface area contributed by atoms with Crippen molar-refractivity contribution in [3.63, 3.8) is 0 Å². The predicted molar refractivity (Wildman–Crippen MR) is 94.4 cm³/mol. The van der Waals surface area contributed by atoms with E-state index in [1.54, 1.807) is 5.38 Å². The zero-order chi connectivity index (χ0) is 16.4. The molecule has 2 aromatic carbocycles. The lowest BCUT2D eigenvalue weighted by Gasteiger charge is -2.11. The van der Waals surface area contributed by atoms with Gasteiger partial charge < -0.3 is 14.5 Å². The van der Waals surface area contributed by atoms with Crippen molar-refractivity contribution in [2.75, 3.05) is 5.32 Å². The minimum Gasteiger partial charge on any atom is -0.455 e. The molecule has 118 valence electrons. The molecular weight excluding hydrogens is 324 g/mol. The Morgan fingerprint density at radius 3 is 2.67 bits per heavy atom. The maximum absolute atomic E-state index is 12.0. The second-order valence-electron chi connectivity index (χ2n) is 5.01. The minimum absolute atomic E-state index is 0.134. The average molecular weight is 336 g/mol. The van der Waals surface area contributed by atoms with Gasteiger partial charge in [0, 0.05) is 10.8 Å². The molecule has 24 heavy (non-hydrogen) atoms. The first-order chi connectivity index (χ1) is 11.8. The molecule has 0 amide bonds. The topological polar surface area (TPSA) is 64.4 Å². The number of ether oxygens (including phenoxy) is 1. The molecule has 0 aliphatic heterocycles. The molecule has 0 bridgehead atoms. The van der Waals surface area contributed by atoms with Crippen LogP contribution in [0, 0.1) is 0 Å². The monoisotopic (exact) mass is 336 g/mol. The molecule has 0 saturated carbocycles. The Labute approximate surface area is 141 Å². The van der Waals surface area contributed by atoms with E-state index < -0.39 is 5.63 Å². The molecule has 5 nitrogen and oxygen atoms in total. The van der Waals surface area contributed by atoms with E-state index in [4.69, 9.17) is 9.15 Å². The van der Waals surface area contributed by atoms with Crippen molar-refractivity contribution in [3.05, 3.63) is 75.8 Å². The first kappa shape index (κ1) is 14.5. The number of anilines is 2. The maximum atomic E-state index is 12.0. The van der Waals surface area contributed by atoms with Crippen LogP contribution >= 0.6 is 11.3 Å². The van der Waals surface area contributed by atoms with Crippen molar-refractivity contribution in [1.29, 1.82) is 0 Å². The van der Waals surface area contributed by atoms with Gasteiger partial charge in [-0.2, -0.15) is 4.98 Å². The summed E-state index contributed by atoms with van der Waals surface area (Å²) in [7, 11) is 0. The highest BCUT2D eigenvalue weighted by molar-refractivity contribution is 7.09. The van der Waals surface area contributed by atoms with Crippen molar-refractivity contribution in [3.8, 4) is 11.5 Å². The standard InChI is InChI=1S/C18H12N2O3S/c21-17-13-10-24-11-15(13)20-18(23-17)19-14-8-4-5-9-16(14)22-12-6-2-1-3-7-12/h1-11H,(H,19,20). The van der Waals surface area contributed by atoms with E-state index in [0.29, 0.717) is 22.3 Å². The predicted octanol–water partition coefficient (Wildman–Crippen LogP) is 4.79. The Kier molecular flexibility index (Phi) is 3.72. The van der Waals surface area contributed by atoms with E-state index in [0.717, 1.165) is 5.75 Å². The molecule has 0 spiro atoms. The number of rotatable bonds is 4. The third-order valence-corrected chi connectivity index (χ3v) is 4.10. The van der Waals surface area contributed by atoms with Gasteiger partial charge >= 0.3 is 11.6 Å². The second kappa shape index (κ2) is 6.17. The summed E-state index contributed by atoms with van der Waals surface area (Å²) in [6, 6.07) is 17.0. The Morgan fingerprint density at radius 1 is 1.00 bits per heavy atom. The summed E-state index contributed by atoms with van der Waals surface area (Å²) in [5.74, 6) is 1.33.